The molecule has 0 radical (unpaired) electrons. The van der Waals surface area contributed by atoms with Gasteiger partial charge in [0.25, 0.3) is 17.7 Å². The van der Waals surface area contributed by atoms with E-state index in [9.17, 15) is 14.4 Å². The van der Waals surface area contributed by atoms with Crippen LogP contribution in [-0.4, -0.2) is 17.7 Å². The lowest BCUT2D eigenvalue weighted by Crippen LogP contribution is -2.32. The molecule has 0 saturated carbocycles. The molecule has 0 aliphatic carbocycles. The van der Waals surface area contributed by atoms with Crippen molar-refractivity contribution in [3.8, 4) is 0 Å². The zero-order valence-electron chi connectivity index (χ0n) is 19.1. The van der Waals surface area contributed by atoms with Crippen LogP contribution in [0.1, 0.15) is 34.0 Å². The quantitative estimate of drug-likeness (QED) is 0.460. The molecule has 3 aromatic rings. The number of hydrogen-bond donors (Lipinski definition) is 2. The molecule has 4 rings (SSSR count). The molecule has 0 spiro atoms. The smallest absolute Gasteiger partial charge is 0.283 e. The van der Waals surface area contributed by atoms with Gasteiger partial charge in [-0.3, -0.25) is 14.4 Å². The highest BCUT2D eigenvalue weighted by atomic mass is 35.5. The van der Waals surface area contributed by atoms with Crippen molar-refractivity contribution in [2.24, 2.45) is 0 Å². The molecule has 0 atom stereocenters. The maximum absolute atomic E-state index is 13.0. The molecule has 172 valence electrons. The molecule has 3 aromatic carbocycles. The normalized spacial score (nSPS) is 13.5. The van der Waals surface area contributed by atoms with E-state index in [0.717, 1.165) is 22.4 Å². The third kappa shape index (κ3) is 4.58. The average molecular weight is 474 g/mol. The number of amides is 3. The number of carbonyl (C=O) groups is 3. The van der Waals surface area contributed by atoms with E-state index in [1.54, 1.807) is 36.4 Å². The number of rotatable bonds is 6. The molecule has 1 heterocycles. The first-order valence-electron chi connectivity index (χ1n) is 10.9. The van der Waals surface area contributed by atoms with E-state index in [1.807, 2.05) is 44.2 Å². The van der Waals surface area contributed by atoms with Gasteiger partial charge in [-0.05, 0) is 85.5 Å². The van der Waals surface area contributed by atoms with Crippen LogP contribution in [0.4, 0.5) is 17.1 Å². The molecular weight excluding hydrogens is 450 g/mol. The topological polar surface area (TPSA) is 78.5 Å². The van der Waals surface area contributed by atoms with Crippen molar-refractivity contribution in [3.05, 3.63) is 99.7 Å². The lowest BCUT2D eigenvalue weighted by molar-refractivity contribution is -0.120. The Hall–Kier alpha value is -3.90. The Balaban J connectivity index is 1.47. The summed E-state index contributed by atoms with van der Waals surface area (Å²) < 4.78 is 0. The summed E-state index contributed by atoms with van der Waals surface area (Å²) in [5, 5.41) is 5.61. The summed E-state index contributed by atoms with van der Waals surface area (Å²) in [6, 6.07) is 19.6. The molecule has 34 heavy (non-hydrogen) atoms. The van der Waals surface area contributed by atoms with Crippen LogP contribution in [-0.2, 0) is 16.0 Å². The van der Waals surface area contributed by atoms with E-state index < -0.39 is 11.8 Å². The molecule has 0 bridgehead atoms. The summed E-state index contributed by atoms with van der Waals surface area (Å²) in [5.74, 6) is -1.36. The molecular formula is C27H24ClN3O3. The number of halogens is 1. The standard InChI is InChI=1S/C27H24ClN3O3/c1-4-18-6-10-21(11-7-18)30-25(32)19-8-12-20(13-9-19)29-24-23(28)26(33)31(27(24)34)22-14-5-16(2)17(3)15-22/h5-15,29H,4H2,1-3H3,(H,30,32). The average Bonchev–Trinajstić information content (AvgIpc) is 3.05. The third-order valence-corrected chi connectivity index (χ3v) is 6.16. The van der Waals surface area contributed by atoms with E-state index in [1.165, 1.54) is 5.56 Å². The number of nitrogens with one attached hydrogen (secondary N) is 2. The fourth-order valence-corrected chi connectivity index (χ4v) is 3.80. The monoisotopic (exact) mass is 473 g/mol. The minimum atomic E-state index is -0.581. The molecule has 2 N–H and O–H groups in total. The highest BCUT2D eigenvalue weighted by Crippen LogP contribution is 2.31. The molecule has 0 fully saturated rings. The third-order valence-electron chi connectivity index (χ3n) is 5.81. The SMILES string of the molecule is CCc1ccc(NC(=O)c2ccc(NC3=C(Cl)C(=O)N(c4ccc(C)c(C)c4)C3=O)cc2)cc1. The molecule has 0 aromatic heterocycles. The van der Waals surface area contributed by atoms with Gasteiger partial charge in [-0.2, -0.15) is 0 Å². The summed E-state index contributed by atoms with van der Waals surface area (Å²) >= 11 is 6.22. The highest BCUT2D eigenvalue weighted by molar-refractivity contribution is 6.53. The largest absolute Gasteiger partial charge is 0.350 e. The highest BCUT2D eigenvalue weighted by Gasteiger charge is 2.39. The van der Waals surface area contributed by atoms with Crippen LogP contribution in [0.5, 0.6) is 0 Å². The van der Waals surface area contributed by atoms with Crippen molar-refractivity contribution >= 4 is 46.4 Å². The Labute approximate surface area is 203 Å². The van der Waals surface area contributed by atoms with Gasteiger partial charge in [-0.1, -0.05) is 36.7 Å². The van der Waals surface area contributed by atoms with Gasteiger partial charge in [-0.15, -0.1) is 0 Å². The zero-order chi connectivity index (χ0) is 24.4. The van der Waals surface area contributed by atoms with Crippen molar-refractivity contribution in [2.45, 2.75) is 27.2 Å². The maximum Gasteiger partial charge on any atom is 0.283 e. The number of benzene rings is 3. The minimum absolute atomic E-state index is 0.00175. The van der Waals surface area contributed by atoms with Crippen molar-refractivity contribution in [3.63, 3.8) is 0 Å². The van der Waals surface area contributed by atoms with Gasteiger partial charge in [0.1, 0.15) is 10.7 Å². The summed E-state index contributed by atoms with van der Waals surface area (Å²) in [6.07, 6.45) is 0.930. The zero-order valence-corrected chi connectivity index (χ0v) is 19.9. The fraction of sp³-hybridized carbons (Fsp3) is 0.148. The van der Waals surface area contributed by atoms with Crippen molar-refractivity contribution in [1.82, 2.24) is 0 Å². The van der Waals surface area contributed by atoms with E-state index in [0.29, 0.717) is 22.6 Å². The van der Waals surface area contributed by atoms with Crippen LogP contribution in [0, 0.1) is 13.8 Å². The van der Waals surface area contributed by atoms with E-state index in [4.69, 9.17) is 11.6 Å². The van der Waals surface area contributed by atoms with Crippen LogP contribution in [0.2, 0.25) is 0 Å². The number of imide groups is 1. The molecule has 7 heteroatoms. The van der Waals surface area contributed by atoms with Gasteiger partial charge in [0.05, 0.1) is 5.69 Å². The van der Waals surface area contributed by atoms with E-state index in [-0.39, 0.29) is 16.6 Å². The summed E-state index contributed by atoms with van der Waals surface area (Å²) in [7, 11) is 0. The molecule has 1 aliphatic rings. The fourth-order valence-electron chi connectivity index (χ4n) is 3.59. The molecule has 3 amide bonds. The second kappa shape index (κ2) is 9.53. The second-order valence-corrected chi connectivity index (χ2v) is 8.49. The maximum atomic E-state index is 13.0. The van der Waals surface area contributed by atoms with Crippen molar-refractivity contribution < 1.29 is 14.4 Å². The predicted octanol–water partition coefficient (Wildman–Crippen LogP) is 5.55. The van der Waals surface area contributed by atoms with Gasteiger partial charge < -0.3 is 10.6 Å². The Kier molecular flexibility index (Phi) is 6.52. The van der Waals surface area contributed by atoms with E-state index >= 15 is 0 Å². The van der Waals surface area contributed by atoms with Crippen molar-refractivity contribution in [2.75, 3.05) is 15.5 Å². The van der Waals surface area contributed by atoms with Crippen LogP contribution >= 0.6 is 11.6 Å². The van der Waals surface area contributed by atoms with Crippen LogP contribution in [0.25, 0.3) is 0 Å². The first-order valence-corrected chi connectivity index (χ1v) is 11.3. The van der Waals surface area contributed by atoms with Gasteiger partial charge in [0.2, 0.25) is 0 Å². The first kappa shape index (κ1) is 23.3. The Morgan fingerprint density at radius 2 is 1.50 bits per heavy atom. The summed E-state index contributed by atoms with van der Waals surface area (Å²) in [4.78, 5) is 39.3. The second-order valence-electron chi connectivity index (χ2n) is 8.11. The molecule has 0 saturated heterocycles. The number of carbonyl (C=O) groups excluding carboxylic acids is 3. The number of anilines is 3. The minimum Gasteiger partial charge on any atom is -0.350 e. The lowest BCUT2D eigenvalue weighted by Gasteiger charge is -2.16. The van der Waals surface area contributed by atoms with Gasteiger partial charge in [-0.25, -0.2) is 4.90 Å². The van der Waals surface area contributed by atoms with Gasteiger partial charge >= 0.3 is 0 Å². The Morgan fingerprint density at radius 1 is 0.853 bits per heavy atom. The molecule has 6 nitrogen and oxygen atoms in total. The molecule has 1 aliphatic heterocycles. The van der Waals surface area contributed by atoms with Crippen molar-refractivity contribution in [1.29, 1.82) is 0 Å². The van der Waals surface area contributed by atoms with Crippen LogP contribution < -0.4 is 15.5 Å². The summed E-state index contributed by atoms with van der Waals surface area (Å²) in [6.45, 7) is 5.94. The molecule has 0 unspecified atom stereocenters. The predicted molar refractivity (Wildman–Crippen MR) is 135 cm³/mol. The van der Waals surface area contributed by atoms with E-state index in [2.05, 4.69) is 17.6 Å². The number of hydrogen-bond acceptors (Lipinski definition) is 4. The first-order chi connectivity index (χ1) is 16.3. The van der Waals surface area contributed by atoms with Crippen LogP contribution in [0.15, 0.2) is 77.5 Å². The van der Waals surface area contributed by atoms with Crippen LogP contribution in [0.3, 0.4) is 0 Å². The van der Waals surface area contributed by atoms with Gasteiger partial charge in [0.15, 0.2) is 0 Å². The number of aryl methyl sites for hydroxylation is 3. The van der Waals surface area contributed by atoms with Gasteiger partial charge in [0, 0.05) is 16.9 Å². The Morgan fingerprint density at radius 3 is 2.12 bits per heavy atom. The number of nitrogens with zero attached hydrogens (tertiary/aromatic N) is 1. The lowest BCUT2D eigenvalue weighted by atomic mass is 10.1. The summed E-state index contributed by atoms with van der Waals surface area (Å²) in [5.41, 5.74) is 5.37. The Bertz CT molecular complexity index is 1310.